The smallest absolute Gasteiger partial charge is 0.412 e. The highest BCUT2D eigenvalue weighted by molar-refractivity contribution is 5.75. The first-order valence-electron chi connectivity index (χ1n) is 7.64. The zero-order valence-corrected chi connectivity index (χ0v) is 13.3. The molecular formula is C13H19N5O7. The number of carbonyl (C=O) groups is 2. The Balaban J connectivity index is 1.69. The average molecular weight is 357 g/mol. The van der Waals surface area contributed by atoms with Crippen molar-refractivity contribution in [2.75, 3.05) is 13.2 Å². The van der Waals surface area contributed by atoms with Gasteiger partial charge in [0.2, 0.25) is 5.91 Å². The van der Waals surface area contributed by atoms with Crippen LogP contribution >= 0.6 is 0 Å². The summed E-state index contributed by atoms with van der Waals surface area (Å²) in [6.07, 6.45) is -4.73. The summed E-state index contributed by atoms with van der Waals surface area (Å²) in [7, 11) is 0. The molecule has 0 bridgehead atoms. The number of aliphatic hydroxyl groups excluding tert-OH is 3. The van der Waals surface area contributed by atoms with Crippen LogP contribution in [0.5, 0.6) is 0 Å². The lowest BCUT2D eigenvalue weighted by atomic mass is 10.0. The fourth-order valence-electron chi connectivity index (χ4n) is 2.69. The summed E-state index contributed by atoms with van der Waals surface area (Å²) in [6, 6.07) is 0. The van der Waals surface area contributed by atoms with E-state index in [0.717, 1.165) is 0 Å². The highest BCUT2D eigenvalue weighted by atomic mass is 16.6. The number of amides is 2. The van der Waals surface area contributed by atoms with Gasteiger partial charge in [-0.2, -0.15) is 0 Å². The normalized spacial score (nSPS) is 32.6. The molecule has 2 saturated heterocycles. The molecule has 2 aliphatic heterocycles. The monoisotopic (exact) mass is 357 g/mol. The van der Waals surface area contributed by atoms with Crippen LogP contribution in [0.2, 0.25) is 0 Å². The molecule has 25 heavy (non-hydrogen) atoms. The fraction of sp³-hybridized carbons (Fsp3) is 0.692. The molecule has 12 heteroatoms. The SMILES string of the molecule is CC(=O)NC1COC(=O)N1Cc1cn([C@H]2OC[C@@H](O)[C@H](O)[C@H]2O)nn1. The molecule has 0 aliphatic carbocycles. The number of aliphatic hydroxyl groups is 3. The number of cyclic esters (lactones) is 1. The number of rotatable bonds is 4. The quantitative estimate of drug-likeness (QED) is 0.450. The molecule has 1 unspecified atom stereocenters. The average Bonchev–Trinajstić information content (AvgIpc) is 3.14. The van der Waals surface area contributed by atoms with E-state index in [0.29, 0.717) is 5.69 Å². The molecule has 4 N–H and O–H groups in total. The zero-order chi connectivity index (χ0) is 18.1. The summed E-state index contributed by atoms with van der Waals surface area (Å²) in [5.74, 6) is -0.303. The second-order valence-electron chi connectivity index (χ2n) is 5.88. The van der Waals surface area contributed by atoms with Crippen LogP contribution in [-0.2, 0) is 20.8 Å². The van der Waals surface area contributed by atoms with Gasteiger partial charge in [0.25, 0.3) is 0 Å². The van der Waals surface area contributed by atoms with Crippen molar-refractivity contribution in [3.8, 4) is 0 Å². The van der Waals surface area contributed by atoms with Crippen LogP contribution in [0.25, 0.3) is 0 Å². The first kappa shape index (κ1) is 17.5. The van der Waals surface area contributed by atoms with Crippen molar-refractivity contribution in [3.05, 3.63) is 11.9 Å². The third kappa shape index (κ3) is 3.56. The van der Waals surface area contributed by atoms with Gasteiger partial charge in [-0.05, 0) is 0 Å². The lowest BCUT2D eigenvalue weighted by Gasteiger charge is -2.34. The summed E-state index contributed by atoms with van der Waals surface area (Å²) in [5.41, 5.74) is 0.366. The minimum atomic E-state index is -1.39. The number of aromatic nitrogens is 3. The molecule has 138 valence electrons. The topological polar surface area (TPSA) is 159 Å². The third-order valence-corrected chi connectivity index (χ3v) is 3.97. The minimum Gasteiger partial charge on any atom is -0.445 e. The van der Waals surface area contributed by atoms with Crippen LogP contribution in [0, 0.1) is 0 Å². The number of hydrogen-bond donors (Lipinski definition) is 4. The maximum absolute atomic E-state index is 11.8. The molecule has 2 amide bonds. The number of nitrogens with zero attached hydrogens (tertiary/aromatic N) is 4. The molecule has 0 radical (unpaired) electrons. The van der Waals surface area contributed by atoms with Crippen molar-refractivity contribution < 1.29 is 34.4 Å². The van der Waals surface area contributed by atoms with Gasteiger partial charge in [0.15, 0.2) is 6.23 Å². The van der Waals surface area contributed by atoms with E-state index in [1.165, 1.54) is 22.7 Å². The minimum absolute atomic E-state index is 0.0256. The Morgan fingerprint density at radius 1 is 1.36 bits per heavy atom. The summed E-state index contributed by atoms with van der Waals surface area (Å²) in [5, 5.41) is 39.5. The molecule has 1 aromatic heterocycles. The summed E-state index contributed by atoms with van der Waals surface area (Å²) < 4.78 is 11.4. The van der Waals surface area contributed by atoms with Crippen molar-refractivity contribution in [2.24, 2.45) is 0 Å². The lowest BCUT2D eigenvalue weighted by molar-refractivity contribution is -0.214. The van der Waals surface area contributed by atoms with Crippen molar-refractivity contribution >= 4 is 12.0 Å². The van der Waals surface area contributed by atoms with E-state index in [-0.39, 0.29) is 25.7 Å². The van der Waals surface area contributed by atoms with Crippen molar-refractivity contribution in [3.63, 3.8) is 0 Å². The Morgan fingerprint density at radius 3 is 2.84 bits per heavy atom. The molecule has 1 aromatic rings. The molecule has 12 nitrogen and oxygen atoms in total. The van der Waals surface area contributed by atoms with E-state index in [4.69, 9.17) is 9.47 Å². The molecular weight excluding hydrogens is 338 g/mol. The van der Waals surface area contributed by atoms with Crippen LogP contribution in [0.15, 0.2) is 6.20 Å². The van der Waals surface area contributed by atoms with Gasteiger partial charge in [-0.15, -0.1) is 5.10 Å². The molecule has 5 atom stereocenters. The highest BCUT2D eigenvalue weighted by Gasteiger charge is 2.39. The summed E-state index contributed by atoms with van der Waals surface area (Å²) in [4.78, 5) is 24.2. The molecule has 0 aromatic carbocycles. The van der Waals surface area contributed by atoms with Crippen LogP contribution < -0.4 is 5.32 Å². The van der Waals surface area contributed by atoms with E-state index in [2.05, 4.69) is 15.6 Å². The van der Waals surface area contributed by atoms with Crippen LogP contribution in [0.4, 0.5) is 4.79 Å². The number of carbonyl (C=O) groups excluding carboxylic acids is 2. The van der Waals surface area contributed by atoms with Gasteiger partial charge < -0.3 is 30.1 Å². The molecule has 3 rings (SSSR count). The Labute approximate surface area is 141 Å². The van der Waals surface area contributed by atoms with E-state index in [1.807, 2.05) is 0 Å². The van der Waals surface area contributed by atoms with Gasteiger partial charge in [-0.3, -0.25) is 9.69 Å². The second kappa shape index (κ2) is 6.92. The maximum atomic E-state index is 11.8. The standard InChI is InChI=1S/C13H19N5O7/c1-6(19)14-9-5-25-13(23)17(9)2-7-3-18(16-15-7)12-11(22)10(21)8(20)4-24-12/h3,8-12,20-22H,2,4-5H2,1H3,(H,14,19)/t8-,9?,10+,11-,12+/m1/s1. The molecule has 2 fully saturated rings. The van der Waals surface area contributed by atoms with Gasteiger partial charge in [-0.1, -0.05) is 5.21 Å². The van der Waals surface area contributed by atoms with E-state index in [9.17, 15) is 24.9 Å². The number of nitrogens with one attached hydrogen (secondary N) is 1. The van der Waals surface area contributed by atoms with Crippen molar-refractivity contribution in [1.29, 1.82) is 0 Å². The van der Waals surface area contributed by atoms with Crippen LogP contribution in [0.1, 0.15) is 18.8 Å². The number of ether oxygens (including phenoxy) is 2. The largest absolute Gasteiger partial charge is 0.445 e. The number of hydrogen-bond acceptors (Lipinski definition) is 9. The zero-order valence-electron chi connectivity index (χ0n) is 13.3. The van der Waals surface area contributed by atoms with E-state index < -0.39 is 36.8 Å². The lowest BCUT2D eigenvalue weighted by Crippen LogP contribution is -2.50. The van der Waals surface area contributed by atoms with E-state index in [1.54, 1.807) is 0 Å². The molecule has 3 heterocycles. The van der Waals surface area contributed by atoms with Gasteiger partial charge in [-0.25, -0.2) is 9.48 Å². The van der Waals surface area contributed by atoms with Gasteiger partial charge in [0.05, 0.1) is 19.3 Å². The maximum Gasteiger partial charge on any atom is 0.412 e. The predicted molar refractivity (Wildman–Crippen MR) is 77.5 cm³/mol. The van der Waals surface area contributed by atoms with Gasteiger partial charge >= 0.3 is 6.09 Å². The van der Waals surface area contributed by atoms with Crippen molar-refractivity contribution in [1.82, 2.24) is 25.2 Å². The molecule has 2 aliphatic rings. The summed E-state index contributed by atoms with van der Waals surface area (Å²) in [6.45, 7) is 1.22. The fourth-order valence-corrected chi connectivity index (χ4v) is 2.69. The van der Waals surface area contributed by atoms with Crippen molar-refractivity contribution in [2.45, 2.75) is 44.2 Å². The summed E-state index contributed by atoms with van der Waals surface area (Å²) >= 11 is 0. The Hall–Kier alpha value is -2.28. The van der Waals surface area contributed by atoms with Gasteiger partial charge in [0.1, 0.15) is 36.8 Å². The first-order chi connectivity index (χ1) is 11.9. The Morgan fingerprint density at radius 2 is 2.12 bits per heavy atom. The van der Waals surface area contributed by atoms with Crippen LogP contribution in [0.3, 0.4) is 0 Å². The first-order valence-corrected chi connectivity index (χ1v) is 7.64. The predicted octanol–water partition coefficient (Wildman–Crippen LogP) is -2.70. The Bertz CT molecular complexity index is 652. The van der Waals surface area contributed by atoms with Crippen LogP contribution in [-0.4, -0.2) is 84.9 Å². The highest BCUT2D eigenvalue weighted by Crippen LogP contribution is 2.24. The third-order valence-electron chi connectivity index (χ3n) is 3.97. The second-order valence-corrected chi connectivity index (χ2v) is 5.88. The van der Waals surface area contributed by atoms with Gasteiger partial charge in [0, 0.05) is 6.92 Å². The molecule has 0 spiro atoms. The van der Waals surface area contributed by atoms with E-state index >= 15 is 0 Å². The Kier molecular flexibility index (Phi) is 4.85. The molecule has 0 saturated carbocycles.